The number of hydrogen-bond donors (Lipinski definition) is 1. The maximum Gasteiger partial charge on any atom is 0.243 e. The highest BCUT2D eigenvalue weighted by Crippen LogP contribution is 2.22. The zero-order valence-corrected chi connectivity index (χ0v) is 17.9. The van der Waals surface area contributed by atoms with Crippen molar-refractivity contribution in [3.05, 3.63) is 83.0 Å². The molecule has 0 fully saturated rings. The van der Waals surface area contributed by atoms with E-state index in [2.05, 4.69) is 5.32 Å². The molecule has 0 spiro atoms. The molecule has 2 aromatic carbocycles. The second kappa shape index (κ2) is 9.42. The van der Waals surface area contributed by atoms with E-state index < -0.39 is 28.3 Å². The third-order valence-corrected chi connectivity index (χ3v) is 6.43. The largest absolute Gasteiger partial charge is 0.468 e. The Labute approximate surface area is 183 Å². The lowest BCUT2D eigenvalue weighted by Gasteiger charge is -2.21. The Balaban J connectivity index is 1.85. The molecule has 0 aliphatic heterocycles. The molecule has 0 saturated carbocycles. The van der Waals surface area contributed by atoms with Crippen molar-refractivity contribution >= 4 is 39.0 Å². The Morgan fingerprint density at radius 3 is 2.42 bits per heavy atom. The van der Waals surface area contributed by atoms with E-state index in [1.165, 1.54) is 49.6 Å². The summed E-state index contributed by atoms with van der Waals surface area (Å²) in [5.41, 5.74) is 0.583. The molecule has 0 aliphatic rings. The first-order valence-corrected chi connectivity index (χ1v) is 10.9. The van der Waals surface area contributed by atoms with Crippen LogP contribution in [0.15, 0.2) is 70.2 Å². The maximum atomic E-state index is 13.3. The van der Waals surface area contributed by atoms with Gasteiger partial charge in [0.1, 0.15) is 11.6 Å². The topological polar surface area (TPSA) is 96.7 Å². The van der Waals surface area contributed by atoms with Crippen LogP contribution in [0.1, 0.15) is 23.0 Å². The first-order chi connectivity index (χ1) is 14.7. The van der Waals surface area contributed by atoms with Crippen molar-refractivity contribution in [2.75, 3.05) is 11.9 Å². The number of anilines is 1. The number of ketones is 1. The van der Waals surface area contributed by atoms with E-state index in [9.17, 15) is 22.4 Å². The summed E-state index contributed by atoms with van der Waals surface area (Å²) in [5, 5.41) is 2.32. The van der Waals surface area contributed by atoms with Gasteiger partial charge in [0.2, 0.25) is 15.9 Å². The molecule has 10 heteroatoms. The van der Waals surface area contributed by atoms with E-state index in [0.717, 1.165) is 10.4 Å². The van der Waals surface area contributed by atoms with Crippen molar-refractivity contribution in [2.24, 2.45) is 0 Å². The quantitative estimate of drug-likeness (QED) is 0.506. The van der Waals surface area contributed by atoms with Crippen LogP contribution in [0.25, 0.3) is 0 Å². The zero-order valence-electron chi connectivity index (χ0n) is 16.3. The molecule has 31 heavy (non-hydrogen) atoms. The fourth-order valence-corrected chi connectivity index (χ4v) is 4.29. The number of rotatable bonds is 8. The number of carbonyl (C=O) groups excluding carboxylic acids is 2. The highest BCUT2D eigenvalue weighted by atomic mass is 35.5. The van der Waals surface area contributed by atoms with Crippen molar-refractivity contribution in [3.63, 3.8) is 0 Å². The second-order valence-corrected chi connectivity index (χ2v) is 8.96. The van der Waals surface area contributed by atoms with Crippen LogP contribution < -0.4 is 5.32 Å². The lowest BCUT2D eigenvalue weighted by atomic mass is 10.2. The van der Waals surface area contributed by atoms with Crippen LogP contribution in [-0.2, 0) is 21.4 Å². The number of halogens is 2. The summed E-state index contributed by atoms with van der Waals surface area (Å²) in [6.07, 6.45) is 1.39. The molecule has 1 aromatic heterocycles. The summed E-state index contributed by atoms with van der Waals surface area (Å²) >= 11 is 5.72. The van der Waals surface area contributed by atoms with E-state index in [1.807, 2.05) is 0 Å². The standard InChI is InChI=1S/C21H18ClFN2O5S/c1-14(26)15-4-7-18(8-5-15)31(28,29)25(12-17-3-2-10-30-17)13-21(27)24-16-6-9-20(23)19(22)11-16/h2-11H,12-13H2,1H3,(H,24,27). The third kappa shape index (κ3) is 5.57. The number of amides is 1. The number of carbonyl (C=O) groups is 2. The molecular formula is C21H18ClFN2O5S. The monoisotopic (exact) mass is 464 g/mol. The fourth-order valence-electron chi connectivity index (χ4n) is 2.75. The molecule has 0 bridgehead atoms. The number of hydrogen-bond acceptors (Lipinski definition) is 5. The molecule has 3 aromatic rings. The Morgan fingerprint density at radius 2 is 1.84 bits per heavy atom. The van der Waals surface area contributed by atoms with Crippen LogP contribution in [0.5, 0.6) is 0 Å². The molecule has 1 amide bonds. The first-order valence-electron chi connectivity index (χ1n) is 9.05. The molecule has 0 atom stereocenters. The van der Waals surface area contributed by atoms with Gasteiger partial charge in [-0.1, -0.05) is 23.7 Å². The Hall–Kier alpha value is -3.01. The first kappa shape index (κ1) is 22.7. The molecule has 0 radical (unpaired) electrons. The normalized spacial score (nSPS) is 11.5. The predicted molar refractivity (Wildman–Crippen MR) is 113 cm³/mol. The molecule has 7 nitrogen and oxygen atoms in total. The van der Waals surface area contributed by atoms with Gasteiger partial charge in [0.25, 0.3) is 0 Å². The smallest absolute Gasteiger partial charge is 0.243 e. The number of nitrogens with zero attached hydrogens (tertiary/aromatic N) is 1. The number of Topliss-reactive ketones (excluding diaryl/α,β-unsaturated/α-hetero) is 1. The van der Waals surface area contributed by atoms with E-state index in [1.54, 1.807) is 12.1 Å². The Morgan fingerprint density at radius 1 is 1.13 bits per heavy atom. The van der Waals surface area contributed by atoms with Gasteiger partial charge in [-0.2, -0.15) is 4.31 Å². The zero-order chi connectivity index (χ0) is 22.6. The van der Waals surface area contributed by atoms with Crippen LogP contribution in [-0.4, -0.2) is 31.0 Å². The van der Waals surface area contributed by atoms with Gasteiger partial charge in [0.15, 0.2) is 5.78 Å². The SMILES string of the molecule is CC(=O)c1ccc(S(=O)(=O)N(CC(=O)Nc2ccc(F)c(Cl)c2)Cc2ccco2)cc1. The van der Waals surface area contributed by atoms with Gasteiger partial charge in [-0.25, -0.2) is 12.8 Å². The number of sulfonamides is 1. The fraction of sp³-hybridized carbons (Fsp3) is 0.143. The van der Waals surface area contributed by atoms with E-state index in [-0.39, 0.29) is 27.9 Å². The van der Waals surface area contributed by atoms with Crippen molar-refractivity contribution in [1.29, 1.82) is 0 Å². The van der Waals surface area contributed by atoms with Crippen LogP contribution in [0.2, 0.25) is 5.02 Å². The van der Waals surface area contributed by atoms with Crippen LogP contribution in [0.3, 0.4) is 0 Å². The second-order valence-electron chi connectivity index (χ2n) is 6.61. The summed E-state index contributed by atoms with van der Waals surface area (Å²) in [7, 11) is -4.11. The third-order valence-electron chi connectivity index (χ3n) is 4.33. The lowest BCUT2D eigenvalue weighted by molar-refractivity contribution is -0.116. The average molecular weight is 465 g/mol. The van der Waals surface area contributed by atoms with Gasteiger partial charge >= 0.3 is 0 Å². The molecule has 1 heterocycles. The predicted octanol–water partition coefficient (Wildman–Crippen LogP) is 4.10. The summed E-state index contributed by atoms with van der Waals surface area (Å²) in [6, 6.07) is 12.2. The summed E-state index contributed by atoms with van der Waals surface area (Å²) in [4.78, 5) is 23.9. The lowest BCUT2D eigenvalue weighted by Crippen LogP contribution is -2.37. The van der Waals surface area contributed by atoms with E-state index in [4.69, 9.17) is 16.0 Å². The van der Waals surface area contributed by atoms with Crippen LogP contribution in [0, 0.1) is 5.82 Å². The highest BCUT2D eigenvalue weighted by Gasteiger charge is 2.28. The number of nitrogens with one attached hydrogen (secondary N) is 1. The van der Waals surface area contributed by atoms with E-state index in [0.29, 0.717) is 11.3 Å². The van der Waals surface area contributed by atoms with Gasteiger partial charge in [-0.15, -0.1) is 0 Å². The van der Waals surface area contributed by atoms with Crippen LogP contribution >= 0.6 is 11.6 Å². The molecule has 3 rings (SSSR count). The maximum absolute atomic E-state index is 13.3. The van der Waals surface area contributed by atoms with Crippen molar-refractivity contribution in [2.45, 2.75) is 18.4 Å². The summed E-state index contributed by atoms with van der Waals surface area (Å²) in [6.45, 7) is 0.645. The van der Waals surface area contributed by atoms with Gasteiger partial charge in [-0.3, -0.25) is 9.59 Å². The minimum Gasteiger partial charge on any atom is -0.468 e. The van der Waals surface area contributed by atoms with Gasteiger partial charge in [0, 0.05) is 11.3 Å². The minimum atomic E-state index is -4.11. The molecular weight excluding hydrogens is 447 g/mol. The molecule has 0 aliphatic carbocycles. The van der Waals surface area contributed by atoms with Gasteiger partial charge in [0.05, 0.1) is 29.3 Å². The minimum absolute atomic E-state index is 0.0818. The molecule has 0 unspecified atom stereocenters. The average Bonchev–Trinajstić information content (AvgIpc) is 3.23. The van der Waals surface area contributed by atoms with Crippen molar-refractivity contribution < 1.29 is 26.8 Å². The Kier molecular flexibility index (Phi) is 6.89. The Bertz CT molecular complexity index is 1200. The summed E-state index contributed by atoms with van der Waals surface area (Å²) in [5.74, 6) is -1.16. The van der Waals surface area contributed by atoms with Crippen molar-refractivity contribution in [3.8, 4) is 0 Å². The molecule has 1 N–H and O–H groups in total. The van der Waals surface area contributed by atoms with Crippen molar-refractivity contribution in [1.82, 2.24) is 4.31 Å². The van der Waals surface area contributed by atoms with E-state index >= 15 is 0 Å². The van der Waals surface area contributed by atoms with Gasteiger partial charge < -0.3 is 9.73 Å². The summed E-state index contributed by atoms with van der Waals surface area (Å²) < 4.78 is 45.8. The molecule has 162 valence electrons. The number of furan rings is 1. The number of benzene rings is 2. The molecule has 0 saturated heterocycles. The highest BCUT2D eigenvalue weighted by molar-refractivity contribution is 7.89. The van der Waals surface area contributed by atoms with Crippen LogP contribution in [0.4, 0.5) is 10.1 Å². The van der Waals surface area contributed by atoms with Gasteiger partial charge in [-0.05, 0) is 49.4 Å².